The smallest absolute Gasteiger partial charge is 0.200 e. The molecule has 0 radical (unpaired) electrons. The van der Waals surface area contributed by atoms with Crippen LogP contribution in [-0.4, -0.2) is 21.5 Å². The van der Waals surface area contributed by atoms with E-state index in [1.165, 1.54) is 12.4 Å². The zero-order chi connectivity index (χ0) is 16.2. The molecule has 4 heteroatoms. The molecule has 0 aliphatic heterocycles. The van der Waals surface area contributed by atoms with Gasteiger partial charge in [0.1, 0.15) is 0 Å². The van der Waals surface area contributed by atoms with Gasteiger partial charge in [0.05, 0.1) is 0 Å². The molecule has 0 saturated heterocycles. The Balaban J connectivity index is 2.51. The lowest BCUT2D eigenvalue weighted by atomic mass is 10.0. The second-order valence-electron chi connectivity index (χ2n) is 4.74. The van der Waals surface area contributed by atoms with E-state index in [0.717, 1.165) is 12.8 Å². The molecule has 1 heterocycles. The van der Waals surface area contributed by atoms with Crippen molar-refractivity contribution in [1.29, 1.82) is 0 Å². The maximum Gasteiger partial charge on any atom is 0.200 e. The number of unbranched alkanes of at least 4 members (excludes halogenated alkanes) is 1. The summed E-state index contributed by atoms with van der Waals surface area (Å²) in [4.78, 5) is 31.7. The van der Waals surface area contributed by atoms with Crippen LogP contribution in [0.5, 0.6) is 0 Å². The van der Waals surface area contributed by atoms with Crippen LogP contribution in [0, 0.1) is 0 Å². The minimum absolute atomic E-state index is 0.0491. The average Bonchev–Trinajstić information content (AvgIpc) is 2.56. The number of hydrogen-bond donors (Lipinski definition) is 0. The van der Waals surface area contributed by atoms with Gasteiger partial charge in [0.2, 0.25) is 0 Å². The van der Waals surface area contributed by atoms with Crippen molar-refractivity contribution >= 4 is 11.6 Å². The second-order valence-corrected chi connectivity index (χ2v) is 4.74. The predicted molar refractivity (Wildman–Crippen MR) is 87.5 cm³/mol. The van der Waals surface area contributed by atoms with E-state index in [-0.39, 0.29) is 30.2 Å². The van der Waals surface area contributed by atoms with Gasteiger partial charge in [0, 0.05) is 30.8 Å². The third kappa shape index (κ3) is 6.39. The van der Waals surface area contributed by atoms with Gasteiger partial charge in [-0.25, -0.2) is 9.97 Å². The summed E-state index contributed by atoms with van der Waals surface area (Å²) in [5.41, 5.74) is 0.614. The van der Waals surface area contributed by atoms with E-state index < -0.39 is 0 Å². The first-order valence-corrected chi connectivity index (χ1v) is 7.52. The van der Waals surface area contributed by atoms with Crippen LogP contribution in [0.4, 0.5) is 0 Å². The van der Waals surface area contributed by atoms with Crippen molar-refractivity contribution in [3.63, 3.8) is 0 Å². The Morgan fingerprint density at radius 2 is 1.86 bits per heavy atom. The molecule has 0 aliphatic rings. The Labute approximate surface area is 131 Å². The highest BCUT2D eigenvalue weighted by Gasteiger charge is 2.12. The maximum absolute atomic E-state index is 12.1. The van der Waals surface area contributed by atoms with E-state index in [9.17, 15) is 9.59 Å². The van der Waals surface area contributed by atoms with E-state index in [2.05, 4.69) is 23.0 Å². The standard InChI is InChI=1S/C18H22N2O2/c1-3-5-6-7-8-10-15(4-2)16(21)11-12-17(22)18-19-13-9-14-20-18/h4,6-10,13-14H,3,5,11-12H2,1-2H3. The highest BCUT2D eigenvalue weighted by molar-refractivity contribution is 6.01. The topological polar surface area (TPSA) is 59.9 Å². The lowest BCUT2D eigenvalue weighted by Crippen LogP contribution is -2.08. The summed E-state index contributed by atoms with van der Waals surface area (Å²) < 4.78 is 0. The molecule has 4 nitrogen and oxygen atoms in total. The summed E-state index contributed by atoms with van der Waals surface area (Å²) in [6, 6.07) is 1.65. The molecule has 0 aliphatic carbocycles. The molecule has 0 amide bonds. The monoisotopic (exact) mass is 298 g/mol. The molecule has 1 rings (SSSR count). The molecule has 0 atom stereocenters. The Morgan fingerprint density at radius 1 is 1.14 bits per heavy atom. The quantitative estimate of drug-likeness (QED) is 0.394. The van der Waals surface area contributed by atoms with E-state index in [1.807, 2.05) is 19.1 Å². The molecular formula is C18H22N2O2. The number of allylic oxidation sites excluding steroid dienone is 6. The minimum Gasteiger partial charge on any atom is -0.294 e. The number of hydrogen-bond acceptors (Lipinski definition) is 4. The van der Waals surface area contributed by atoms with Gasteiger partial charge < -0.3 is 0 Å². The fourth-order valence-electron chi connectivity index (χ4n) is 1.78. The molecule has 116 valence electrons. The van der Waals surface area contributed by atoms with E-state index in [0.29, 0.717) is 5.57 Å². The summed E-state index contributed by atoms with van der Waals surface area (Å²) in [6.45, 7) is 3.93. The number of nitrogens with zero attached hydrogens (tertiary/aromatic N) is 2. The lowest BCUT2D eigenvalue weighted by molar-refractivity contribution is -0.115. The number of carbonyl (C=O) groups is 2. The highest BCUT2D eigenvalue weighted by atomic mass is 16.1. The van der Waals surface area contributed by atoms with Gasteiger partial charge in [0.25, 0.3) is 0 Å². The lowest BCUT2D eigenvalue weighted by Gasteiger charge is -2.01. The molecule has 0 N–H and O–H groups in total. The summed E-state index contributed by atoms with van der Waals surface area (Å²) in [5, 5.41) is 0. The molecule has 22 heavy (non-hydrogen) atoms. The molecule has 0 unspecified atom stereocenters. The van der Waals surface area contributed by atoms with Crippen molar-refractivity contribution in [3.05, 3.63) is 60.2 Å². The largest absolute Gasteiger partial charge is 0.294 e. The Morgan fingerprint density at radius 3 is 2.50 bits per heavy atom. The molecular weight excluding hydrogens is 276 g/mol. The van der Waals surface area contributed by atoms with E-state index >= 15 is 0 Å². The molecule has 0 bridgehead atoms. The first kappa shape index (κ1) is 17.7. The third-order valence-electron chi connectivity index (χ3n) is 3.01. The fraction of sp³-hybridized carbons (Fsp3) is 0.333. The zero-order valence-corrected chi connectivity index (χ0v) is 13.2. The van der Waals surface area contributed by atoms with E-state index in [4.69, 9.17) is 0 Å². The predicted octanol–water partition coefficient (Wildman–Crippen LogP) is 3.87. The first-order chi connectivity index (χ1) is 10.7. The van der Waals surface area contributed by atoms with Crippen LogP contribution in [0.2, 0.25) is 0 Å². The van der Waals surface area contributed by atoms with Crippen LogP contribution in [0.3, 0.4) is 0 Å². The van der Waals surface area contributed by atoms with Crippen molar-refractivity contribution in [2.45, 2.75) is 39.5 Å². The number of rotatable bonds is 9. The number of aromatic nitrogens is 2. The average molecular weight is 298 g/mol. The number of carbonyl (C=O) groups excluding carboxylic acids is 2. The van der Waals surface area contributed by atoms with E-state index in [1.54, 1.807) is 18.2 Å². The minimum atomic E-state index is -0.212. The van der Waals surface area contributed by atoms with Gasteiger partial charge >= 0.3 is 0 Å². The van der Waals surface area contributed by atoms with Gasteiger partial charge in [-0.1, -0.05) is 43.7 Å². The third-order valence-corrected chi connectivity index (χ3v) is 3.01. The molecule has 0 spiro atoms. The van der Waals surface area contributed by atoms with Crippen LogP contribution in [-0.2, 0) is 4.79 Å². The van der Waals surface area contributed by atoms with Crippen LogP contribution >= 0.6 is 0 Å². The zero-order valence-electron chi connectivity index (χ0n) is 13.2. The Bertz CT molecular complexity index is 572. The summed E-state index contributed by atoms with van der Waals surface area (Å²) in [6.07, 6.45) is 14.8. The van der Waals surface area contributed by atoms with Gasteiger partial charge in [-0.05, 0) is 19.4 Å². The molecule has 1 aromatic heterocycles. The van der Waals surface area contributed by atoms with Crippen molar-refractivity contribution in [2.24, 2.45) is 0 Å². The molecule has 0 aromatic carbocycles. The second kappa shape index (κ2) is 10.4. The van der Waals surface area contributed by atoms with Gasteiger partial charge in [-0.2, -0.15) is 0 Å². The summed E-state index contributed by atoms with van der Waals surface area (Å²) in [7, 11) is 0. The summed E-state index contributed by atoms with van der Waals surface area (Å²) >= 11 is 0. The van der Waals surface area contributed by atoms with Crippen molar-refractivity contribution in [1.82, 2.24) is 9.97 Å². The summed E-state index contributed by atoms with van der Waals surface area (Å²) in [5.74, 6) is -0.0986. The molecule has 0 fully saturated rings. The van der Waals surface area contributed by atoms with Gasteiger partial charge in [0.15, 0.2) is 17.4 Å². The SMILES string of the molecule is CC=C(C=CC=CCCC)C(=O)CCC(=O)c1ncccn1. The normalized spacial score (nSPS) is 12.2. The van der Waals surface area contributed by atoms with Crippen molar-refractivity contribution in [3.8, 4) is 0 Å². The number of Topliss-reactive ketones (excluding diaryl/α,β-unsaturated/α-hetero) is 2. The van der Waals surface area contributed by atoms with Crippen LogP contribution in [0.1, 0.15) is 50.1 Å². The highest BCUT2D eigenvalue weighted by Crippen LogP contribution is 2.07. The Hall–Kier alpha value is -2.36. The van der Waals surface area contributed by atoms with Crippen LogP contribution < -0.4 is 0 Å². The fourth-order valence-corrected chi connectivity index (χ4v) is 1.78. The van der Waals surface area contributed by atoms with Crippen LogP contribution in [0.25, 0.3) is 0 Å². The molecule has 1 aromatic rings. The van der Waals surface area contributed by atoms with Gasteiger partial charge in [-0.3, -0.25) is 9.59 Å². The molecule has 0 saturated carbocycles. The van der Waals surface area contributed by atoms with Crippen molar-refractivity contribution in [2.75, 3.05) is 0 Å². The first-order valence-electron chi connectivity index (χ1n) is 7.52. The van der Waals surface area contributed by atoms with Crippen molar-refractivity contribution < 1.29 is 9.59 Å². The van der Waals surface area contributed by atoms with Crippen LogP contribution in [0.15, 0.2) is 54.4 Å². The maximum atomic E-state index is 12.1. The number of ketones is 2. The van der Waals surface area contributed by atoms with Gasteiger partial charge in [-0.15, -0.1) is 0 Å². The Kier molecular flexibility index (Phi) is 8.35.